The van der Waals surface area contributed by atoms with Crippen LogP contribution in [0.3, 0.4) is 0 Å². The first-order chi connectivity index (χ1) is 9.37. The summed E-state index contributed by atoms with van der Waals surface area (Å²) in [6, 6.07) is 5.69. The Hall–Kier alpha value is -1.27. The van der Waals surface area contributed by atoms with Crippen molar-refractivity contribution in [2.24, 2.45) is 0 Å². The van der Waals surface area contributed by atoms with Crippen molar-refractivity contribution < 1.29 is 17.9 Å². The maximum absolute atomic E-state index is 11.1. The molecule has 0 fully saturated rings. The van der Waals surface area contributed by atoms with Crippen LogP contribution in [0.5, 0.6) is 11.5 Å². The Labute approximate surface area is 121 Å². The molecule has 5 nitrogen and oxygen atoms in total. The lowest BCUT2D eigenvalue weighted by Crippen LogP contribution is -2.22. The number of hydrogen-bond donors (Lipinski definition) is 1. The monoisotopic (exact) mass is 301 g/mol. The summed E-state index contributed by atoms with van der Waals surface area (Å²) >= 11 is 0. The quantitative estimate of drug-likeness (QED) is 0.742. The summed E-state index contributed by atoms with van der Waals surface area (Å²) in [7, 11) is 0.353. The zero-order chi connectivity index (χ0) is 15.2. The fourth-order valence-corrected chi connectivity index (χ4v) is 2.61. The number of rotatable bonds is 8. The van der Waals surface area contributed by atoms with Gasteiger partial charge in [0, 0.05) is 17.9 Å². The summed E-state index contributed by atoms with van der Waals surface area (Å²) in [5.74, 6) is 1.75. The van der Waals surface area contributed by atoms with Crippen LogP contribution in [-0.4, -0.2) is 41.2 Å². The van der Waals surface area contributed by atoms with Crippen molar-refractivity contribution in [1.29, 1.82) is 0 Å². The molecular weight excluding hydrogens is 278 g/mol. The third kappa shape index (κ3) is 5.38. The van der Waals surface area contributed by atoms with Gasteiger partial charge >= 0.3 is 0 Å². The first-order valence-corrected chi connectivity index (χ1v) is 8.56. The van der Waals surface area contributed by atoms with Crippen LogP contribution in [0, 0.1) is 0 Å². The molecule has 0 aliphatic heterocycles. The molecule has 0 radical (unpaired) electrons. The van der Waals surface area contributed by atoms with Crippen molar-refractivity contribution in [3.63, 3.8) is 0 Å². The van der Waals surface area contributed by atoms with Gasteiger partial charge in [0.25, 0.3) is 0 Å². The van der Waals surface area contributed by atoms with Crippen molar-refractivity contribution in [2.45, 2.75) is 19.4 Å². The molecule has 0 saturated carbocycles. The topological polar surface area (TPSA) is 64.6 Å². The number of benzene rings is 1. The molecule has 0 spiro atoms. The minimum absolute atomic E-state index is 0.0552. The van der Waals surface area contributed by atoms with Crippen LogP contribution in [0.15, 0.2) is 18.2 Å². The molecule has 0 aliphatic rings. The molecule has 0 amide bonds. The zero-order valence-corrected chi connectivity index (χ0v) is 13.3. The summed E-state index contributed by atoms with van der Waals surface area (Å²) in [6.45, 7) is 2.65. The van der Waals surface area contributed by atoms with Crippen LogP contribution in [0.1, 0.15) is 24.9 Å². The summed E-state index contributed by atoms with van der Waals surface area (Å²) in [5.41, 5.74) is 0.992. The third-order valence-corrected chi connectivity index (χ3v) is 4.08. The highest BCUT2D eigenvalue weighted by atomic mass is 32.2. The molecule has 1 unspecified atom stereocenters. The van der Waals surface area contributed by atoms with Crippen molar-refractivity contribution in [1.82, 2.24) is 5.32 Å². The lowest BCUT2D eigenvalue weighted by Gasteiger charge is -2.18. The van der Waals surface area contributed by atoms with E-state index in [0.29, 0.717) is 13.0 Å². The molecule has 1 atom stereocenters. The highest BCUT2D eigenvalue weighted by Crippen LogP contribution is 2.29. The van der Waals surface area contributed by atoms with Crippen LogP contribution in [0.2, 0.25) is 0 Å². The van der Waals surface area contributed by atoms with E-state index >= 15 is 0 Å². The van der Waals surface area contributed by atoms with E-state index < -0.39 is 9.84 Å². The van der Waals surface area contributed by atoms with Crippen molar-refractivity contribution in [3.8, 4) is 11.5 Å². The van der Waals surface area contributed by atoms with Crippen molar-refractivity contribution in [2.75, 3.05) is 32.8 Å². The van der Waals surface area contributed by atoms with E-state index in [1.54, 1.807) is 14.2 Å². The number of sulfone groups is 1. The second kappa shape index (κ2) is 7.50. The molecule has 1 aromatic rings. The lowest BCUT2D eigenvalue weighted by molar-refractivity contribution is 0.392. The van der Waals surface area contributed by atoms with E-state index in [0.717, 1.165) is 17.1 Å². The molecule has 0 heterocycles. The molecule has 20 heavy (non-hydrogen) atoms. The molecule has 1 N–H and O–H groups in total. The second-order valence-electron chi connectivity index (χ2n) is 4.77. The van der Waals surface area contributed by atoms with Gasteiger partial charge in [0.1, 0.15) is 21.3 Å². The SMILES string of the molecule is COc1ccc(OC)c(C(C)NCCCS(C)(=O)=O)c1. The van der Waals surface area contributed by atoms with E-state index in [1.165, 1.54) is 6.26 Å². The summed E-state index contributed by atoms with van der Waals surface area (Å²) in [5, 5.41) is 3.30. The second-order valence-corrected chi connectivity index (χ2v) is 7.03. The first kappa shape index (κ1) is 16.8. The summed E-state index contributed by atoms with van der Waals surface area (Å²) in [4.78, 5) is 0. The summed E-state index contributed by atoms with van der Waals surface area (Å²) in [6.07, 6.45) is 1.84. The average Bonchev–Trinajstić information content (AvgIpc) is 2.41. The fourth-order valence-electron chi connectivity index (χ4n) is 1.94. The minimum Gasteiger partial charge on any atom is -0.497 e. The Bertz CT molecular complexity index is 528. The molecular formula is C14H23NO4S. The number of hydrogen-bond acceptors (Lipinski definition) is 5. The number of ether oxygens (including phenoxy) is 2. The van der Waals surface area contributed by atoms with E-state index in [4.69, 9.17) is 9.47 Å². The van der Waals surface area contributed by atoms with Gasteiger partial charge in [-0.05, 0) is 38.1 Å². The van der Waals surface area contributed by atoms with Gasteiger partial charge in [-0.2, -0.15) is 0 Å². The van der Waals surface area contributed by atoms with Gasteiger partial charge in [-0.15, -0.1) is 0 Å². The maximum atomic E-state index is 11.1. The van der Waals surface area contributed by atoms with E-state index in [-0.39, 0.29) is 11.8 Å². The molecule has 0 bridgehead atoms. The van der Waals surface area contributed by atoms with E-state index in [2.05, 4.69) is 5.32 Å². The van der Waals surface area contributed by atoms with Gasteiger partial charge < -0.3 is 14.8 Å². The van der Waals surface area contributed by atoms with Crippen molar-refractivity contribution >= 4 is 9.84 Å². The third-order valence-electron chi connectivity index (χ3n) is 3.05. The predicted octanol–water partition coefficient (Wildman–Crippen LogP) is 1.79. The van der Waals surface area contributed by atoms with Crippen LogP contribution in [0.4, 0.5) is 0 Å². The predicted molar refractivity (Wildman–Crippen MR) is 80.3 cm³/mol. The molecule has 1 aromatic carbocycles. The van der Waals surface area contributed by atoms with Crippen LogP contribution >= 0.6 is 0 Å². The van der Waals surface area contributed by atoms with Crippen molar-refractivity contribution in [3.05, 3.63) is 23.8 Å². The lowest BCUT2D eigenvalue weighted by atomic mass is 10.1. The molecule has 6 heteroatoms. The van der Waals surface area contributed by atoms with E-state index in [9.17, 15) is 8.42 Å². The van der Waals surface area contributed by atoms with Gasteiger partial charge in [-0.1, -0.05) is 0 Å². The van der Waals surface area contributed by atoms with Crippen LogP contribution < -0.4 is 14.8 Å². The minimum atomic E-state index is -2.89. The number of methoxy groups -OCH3 is 2. The van der Waals surface area contributed by atoms with Gasteiger partial charge in [-0.25, -0.2) is 8.42 Å². The smallest absolute Gasteiger partial charge is 0.147 e. The molecule has 114 valence electrons. The van der Waals surface area contributed by atoms with Crippen LogP contribution in [-0.2, 0) is 9.84 Å². The Morgan fingerprint density at radius 3 is 2.50 bits per heavy atom. The normalized spacial score (nSPS) is 13.0. The highest BCUT2D eigenvalue weighted by molar-refractivity contribution is 7.90. The molecule has 1 rings (SSSR count). The average molecular weight is 301 g/mol. The zero-order valence-electron chi connectivity index (χ0n) is 12.5. The van der Waals surface area contributed by atoms with E-state index in [1.807, 2.05) is 25.1 Å². The Balaban J connectivity index is 2.64. The van der Waals surface area contributed by atoms with Gasteiger partial charge in [-0.3, -0.25) is 0 Å². The summed E-state index contributed by atoms with van der Waals surface area (Å²) < 4.78 is 32.7. The fraction of sp³-hybridized carbons (Fsp3) is 0.571. The van der Waals surface area contributed by atoms with Gasteiger partial charge in [0.2, 0.25) is 0 Å². The Morgan fingerprint density at radius 1 is 1.25 bits per heavy atom. The molecule has 0 aliphatic carbocycles. The highest BCUT2D eigenvalue weighted by Gasteiger charge is 2.12. The maximum Gasteiger partial charge on any atom is 0.147 e. The Kier molecular flexibility index (Phi) is 6.29. The molecule has 0 aromatic heterocycles. The Morgan fingerprint density at radius 2 is 1.95 bits per heavy atom. The van der Waals surface area contributed by atoms with Gasteiger partial charge in [0.05, 0.1) is 20.0 Å². The largest absolute Gasteiger partial charge is 0.497 e. The number of nitrogens with one attached hydrogen (secondary N) is 1. The standard InChI is InChI=1S/C14H23NO4S/c1-11(15-8-5-9-20(4,16)17)13-10-12(18-2)6-7-14(13)19-3/h6-7,10-11,15H,5,8-9H2,1-4H3. The molecule has 0 saturated heterocycles. The first-order valence-electron chi connectivity index (χ1n) is 6.50. The van der Waals surface area contributed by atoms with Gasteiger partial charge in [0.15, 0.2) is 0 Å². The van der Waals surface area contributed by atoms with Crippen LogP contribution in [0.25, 0.3) is 0 Å².